The largest absolute Gasteiger partial charge is 0.322 e. The Kier molecular flexibility index (Phi) is 7.73. The zero-order valence-electron chi connectivity index (χ0n) is 12.6. The third kappa shape index (κ3) is 5.69. The van der Waals surface area contributed by atoms with E-state index in [-0.39, 0.29) is 5.54 Å². The fourth-order valence-electron chi connectivity index (χ4n) is 2.25. The Morgan fingerprint density at radius 1 is 1.24 bits per heavy atom. The van der Waals surface area contributed by atoms with E-state index < -0.39 is 0 Å². The molecule has 102 valence electrons. The maximum atomic E-state index is 6.34. The molecular weight excluding hydrogens is 208 g/mol. The first-order valence-corrected chi connectivity index (χ1v) is 7.07. The van der Waals surface area contributed by atoms with Crippen LogP contribution in [-0.2, 0) is 0 Å². The van der Waals surface area contributed by atoms with Gasteiger partial charge in [-0.05, 0) is 52.6 Å². The second kappa shape index (κ2) is 7.88. The van der Waals surface area contributed by atoms with Crippen LogP contribution in [0.3, 0.4) is 0 Å². The van der Waals surface area contributed by atoms with Crippen molar-refractivity contribution in [2.24, 2.45) is 5.73 Å². The SMILES string of the molecule is C=C(C)C(C)(N)CC(CC)N(CCC)CCC. The van der Waals surface area contributed by atoms with Crippen molar-refractivity contribution in [2.75, 3.05) is 13.1 Å². The molecule has 0 aliphatic carbocycles. The highest BCUT2D eigenvalue weighted by Crippen LogP contribution is 2.22. The lowest BCUT2D eigenvalue weighted by Gasteiger charge is -2.37. The lowest BCUT2D eigenvalue weighted by atomic mass is 9.86. The van der Waals surface area contributed by atoms with Crippen molar-refractivity contribution in [1.29, 1.82) is 0 Å². The molecule has 2 heteroatoms. The number of hydrogen-bond acceptors (Lipinski definition) is 2. The Bertz CT molecular complexity index is 215. The van der Waals surface area contributed by atoms with Crippen LogP contribution in [0, 0.1) is 0 Å². The van der Waals surface area contributed by atoms with E-state index in [4.69, 9.17) is 5.73 Å². The smallest absolute Gasteiger partial charge is 0.0349 e. The molecule has 0 aliphatic heterocycles. The van der Waals surface area contributed by atoms with Gasteiger partial charge in [-0.3, -0.25) is 0 Å². The zero-order valence-corrected chi connectivity index (χ0v) is 12.6. The van der Waals surface area contributed by atoms with E-state index in [0.29, 0.717) is 6.04 Å². The molecule has 0 aromatic rings. The van der Waals surface area contributed by atoms with Crippen LogP contribution in [0.15, 0.2) is 12.2 Å². The Balaban J connectivity index is 4.61. The number of rotatable bonds is 9. The van der Waals surface area contributed by atoms with Gasteiger partial charge in [-0.25, -0.2) is 0 Å². The van der Waals surface area contributed by atoms with Crippen molar-refractivity contribution in [2.45, 2.75) is 71.9 Å². The van der Waals surface area contributed by atoms with E-state index in [9.17, 15) is 0 Å². The first-order valence-electron chi connectivity index (χ1n) is 7.07. The van der Waals surface area contributed by atoms with E-state index in [2.05, 4.69) is 39.2 Å². The molecule has 0 rings (SSSR count). The normalized spacial score (nSPS) is 16.9. The zero-order chi connectivity index (χ0) is 13.5. The Hall–Kier alpha value is -0.340. The highest BCUT2D eigenvalue weighted by atomic mass is 15.2. The van der Waals surface area contributed by atoms with Crippen LogP contribution in [0.2, 0.25) is 0 Å². The molecule has 2 nitrogen and oxygen atoms in total. The van der Waals surface area contributed by atoms with Crippen LogP contribution in [0.1, 0.15) is 60.3 Å². The summed E-state index contributed by atoms with van der Waals surface area (Å²) < 4.78 is 0. The predicted octanol–water partition coefficient (Wildman–Crippen LogP) is 3.57. The van der Waals surface area contributed by atoms with E-state index >= 15 is 0 Å². The summed E-state index contributed by atoms with van der Waals surface area (Å²) in [5.74, 6) is 0. The van der Waals surface area contributed by atoms with Crippen LogP contribution < -0.4 is 5.73 Å². The minimum Gasteiger partial charge on any atom is -0.322 e. The molecule has 0 saturated carbocycles. The first-order chi connectivity index (χ1) is 7.88. The minimum absolute atomic E-state index is 0.236. The van der Waals surface area contributed by atoms with Gasteiger partial charge in [0.2, 0.25) is 0 Å². The molecule has 0 aliphatic rings. The van der Waals surface area contributed by atoms with Crippen molar-refractivity contribution in [3.8, 4) is 0 Å². The number of nitrogens with zero attached hydrogens (tertiary/aromatic N) is 1. The lowest BCUT2D eigenvalue weighted by molar-refractivity contribution is 0.164. The molecule has 2 atom stereocenters. The molecule has 0 radical (unpaired) electrons. The van der Waals surface area contributed by atoms with E-state index in [1.54, 1.807) is 0 Å². The Morgan fingerprint density at radius 3 is 2.00 bits per heavy atom. The van der Waals surface area contributed by atoms with E-state index in [0.717, 1.165) is 12.0 Å². The van der Waals surface area contributed by atoms with Crippen molar-refractivity contribution < 1.29 is 0 Å². The van der Waals surface area contributed by atoms with Gasteiger partial charge in [0.15, 0.2) is 0 Å². The summed E-state index contributed by atoms with van der Waals surface area (Å²) in [6.45, 7) is 17.3. The summed E-state index contributed by atoms with van der Waals surface area (Å²) in [7, 11) is 0. The standard InChI is InChI=1S/C15H32N2/c1-7-10-17(11-8-2)14(9-3)12-15(6,16)13(4)5/h14H,4,7-12,16H2,1-3,5-6H3. The molecule has 0 saturated heterocycles. The molecule has 0 heterocycles. The van der Waals surface area contributed by atoms with E-state index in [1.165, 1.54) is 32.4 Å². The van der Waals surface area contributed by atoms with Gasteiger partial charge in [0, 0.05) is 11.6 Å². The Morgan fingerprint density at radius 2 is 1.71 bits per heavy atom. The third-order valence-electron chi connectivity index (χ3n) is 3.64. The summed E-state index contributed by atoms with van der Waals surface area (Å²) in [6.07, 6.45) is 4.61. The fourth-order valence-corrected chi connectivity index (χ4v) is 2.25. The van der Waals surface area contributed by atoms with Gasteiger partial charge in [-0.2, -0.15) is 0 Å². The Labute approximate surface area is 108 Å². The summed E-state index contributed by atoms with van der Waals surface area (Å²) in [5.41, 5.74) is 7.19. The molecule has 0 bridgehead atoms. The lowest BCUT2D eigenvalue weighted by Crippen LogP contribution is -2.46. The summed E-state index contributed by atoms with van der Waals surface area (Å²) in [5, 5.41) is 0. The number of hydrogen-bond donors (Lipinski definition) is 1. The van der Waals surface area contributed by atoms with Gasteiger partial charge in [0.25, 0.3) is 0 Å². The summed E-state index contributed by atoms with van der Waals surface area (Å²) >= 11 is 0. The molecule has 2 N–H and O–H groups in total. The van der Waals surface area contributed by atoms with E-state index in [1.807, 2.05) is 6.92 Å². The molecule has 0 aromatic carbocycles. The number of nitrogens with two attached hydrogens (primary N) is 1. The summed E-state index contributed by atoms with van der Waals surface area (Å²) in [4.78, 5) is 2.59. The van der Waals surface area contributed by atoms with Crippen molar-refractivity contribution in [3.05, 3.63) is 12.2 Å². The molecule has 0 amide bonds. The highest BCUT2D eigenvalue weighted by molar-refractivity contribution is 5.11. The average Bonchev–Trinajstić information content (AvgIpc) is 2.25. The molecule has 17 heavy (non-hydrogen) atoms. The third-order valence-corrected chi connectivity index (χ3v) is 3.64. The van der Waals surface area contributed by atoms with Crippen molar-refractivity contribution in [1.82, 2.24) is 4.90 Å². The van der Waals surface area contributed by atoms with Crippen LogP contribution in [-0.4, -0.2) is 29.6 Å². The van der Waals surface area contributed by atoms with Crippen LogP contribution in [0.5, 0.6) is 0 Å². The minimum atomic E-state index is -0.236. The fraction of sp³-hybridized carbons (Fsp3) is 0.867. The van der Waals surface area contributed by atoms with Crippen molar-refractivity contribution >= 4 is 0 Å². The molecule has 0 fully saturated rings. The monoisotopic (exact) mass is 240 g/mol. The van der Waals surface area contributed by atoms with Crippen LogP contribution in [0.25, 0.3) is 0 Å². The van der Waals surface area contributed by atoms with Crippen LogP contribution in [0.4, 0.5) is 0 Å². The van der Waals surface area contributed by atoms with Gasteiger partial charge in [0.1, 0.15) is 0 Å². The molecular formula is C15H32N2. The second-order valence-electron chi connectivity index (χ2n) is 5.50. The van der Waals surface area contributed by atoms with Gasteiger partial charge in [0.05, 0.1) is 0 Å². The van der Waals surface area contributed by atoms with Gasteiger partial charge in [-0.15, -0.1) is 0 Å². The topological polar surface area (TPSA) is 29.3 Å². The van der Waals surface area contributed by atoms with Crippen LogP contribution >= 0.6 is 0 Å². The molecule has 2 unspecified atom stereocenters. The quantitative estimate of drug-likeness (QED) is 0.624. The first kappa shape index (κ1) is 16.7. The maximum Gasteiger partial charge on any atom is 0.0349 e. The van der Waals surface area contributed by atoms with Gasteiger partial charge < -0.3 is 10.6 Å². The highest BCUT2D eigenvalue weighted by Gasteiger charge is 2.26. The molecule has 0 aromatic heterocycles. The second-order valence-corrected chi connectivity index (χ2v) is 5.50. The van der Waals surface area contributed by atoms with Gasteiger partial charge >= 0.3 is 0 Å². The average molecular weight is 240 g/mol. The molecule has 0 spiro atoms. The summed E-state index contributed by atoms with van der Waals surface area (Å²) in [6, 6.07) is 0.585. The van der Waals surface area contributed by atoms with Gasteiger partial charge in [-0.1, -0.05) is 32.9 Å². The van der Waals surface area contributed by atoms with Crippen molar-refractivity contribution in [3.63, 3.8) is 0 Å². The maximum absolute atomic E-state index is 6.34. The predicted molar refractivity (Wildman–Crippen MR) is 78.3 cm³/mol.